The number of nitrogens with zero attached hydrogens (tertiary/aromatic N) is 5. The van der Waals surface area contributed by atoms with E-state index in [1.165, 1.54) is 12.5 Å². The molecule has 0 atom stereocenters. The van der Waals surface area contributed by atoms with Gasteiger partial charge in [-0.1, -0.05) is 0 Å². The van der Waals surface area contributed by atoms with Crippen molar-refractivity contribution in [3.8, 4) is 5.88 Å². The summed E-state index contributed by atoms with van der Waals surface area (Å²) in [5.41, 5.74) is 2.54. The molecule has 3 rings (SSSR count). The van der Waals surface area contributed by atoms with Crippen LogP contribution in [0.5, 0.6) is 5.88 Å². The van der Waals surface area contributed by atoms with Gasteiger partial charge in [0.15, 0.2) is 0 Å². The first-order chi connectivity index (χ1) is 10.6. The van der Waals surface area contributed by atoms with Crippen LogP contribution in [0.15, 0.2) is 18.6 Å². The lowest BCUT2D eigenvalue weighted by atomic mass is 10.1. The van der Waals surface area contributed by atoms with Crippen LogP contribution in [-0.4, -0.2) is 33.5 Å². The number of aryl methyl sites for hydroxylation is 1. The van der Waals surface area contributed by atoms with Crippen molar-refractivity contribution >= 4 is 11.5 Å². The Hall–Kier alpha value is -2.77. The maximum Gasteiger partial charge on any atom is 0.290 e. The summed E-state index contributed by atoms with van der Waals surface area (Å²) >= 11 is 0. The van der Waals surface area contributed by atoms with Gasteiger partial charge in [-0.25, -0.2) is 15.0 Å². The summed E-state index contributed by atoms with van der Waals surface area (Å²) in [5.74, 6) is 1.27. The molecule has 0 unspecified atom stereocenters. The van der Waals surface area contributed by atoms with E-state index < -0.39 is 4.92 Å². The van der Waals surface area contributed by atoms with Crippen molar-refractivity contribution in [2.75, 3.05) is 18.6 Å². The maximum absolute atomic E-state index is 10.9. The molecule has 0 amide bonds. The van der Waals surface area contributed by atoms with Crippen molar-refractivity contribution in [3.63, 3.8) is 0 Å². The summed E-state index contributed by atoms with van der Waals surface area (Å²) in [6.07, 6.45) is 3.56. The van der Waals surface area contributed by atoms with Gasteiger partial charge in [0, 0.05) is 18.5 Å². The first kappa shape index (κ1) is 14.2. The van der Waals surface area contributed by atoms with Gasteiger partial charge in [0.2, 0.25) is 5.88 Å². The van der Waals surface area contributed by atoms with Gasteiger partial charge < -0.3 is 9.64 Å². The van der Waals surface area contributed by atoms with Crippen molar-refractivity contribution < 1.29 is 9.66 Å². The minimum atomic E-state index is -0.422. The average molecular weight is 301 g/mol. The highest BCUT2D eigenvalue weighted by Gasteiger charge is 2.23. The molecule has 0 saturated carbocycles. The van der Waals surface area contributed by atoms with Gasteiger partial charge in [0.25, 0.3) is 5.69 Å². The minimum Gasteiger partial charge on any atom is -0.481 e. The van der Waals surface area contributed by atoms with Crippen LogP contribution in [0.1, 0.15) is 16.8 Å². The number of pyridine rings is 1. The number of hydrogen-bond acceptors (Lipinski definition) is 7. The smallest absolute Gasteiger partial charge is 0.290 e. The zero-order chi connectivity index (χ0) is 15.7. The Morgan fingerprint density at radius 1 is 1.36 bits per heavy atom. The summed E-state index contributed by atoms with van der Waals surface area (Å²) in [5, 5.41) is 10.9. The highest BCUT2D eigenvalue weighted by atomic mass is 16.6. The Morgan fingerprint density at radius 2 is 2.18 bits per heavy atom. The lowest BCUT2D eigenvalue weighted by molar-refractivity contribution is -0.385. The summed E-state index contributed by atoms with van der Waals surface area (Å²) in [6.45, 7) is 3.03. The second kappa shape index (κ2) is 5.55. The van der Waals surface area contributed by atoms with E-state index in [1.807, 2.05) is 4.90 Å². The highest BCUT2D eigenvalue weighted by Crippen LogP contribution is 2.28. The molecule has 2 aromatic heterocycles. The van der Waals surface area contributed by atoms with Gasteiger partial charge >= 0.3 is 0 Å². The van der Waals surface area contributed by atoms with E-state index in [4.69, 9.17) is 4.74 Å². The van der Waals surface area contributed by atoms with Crippen molar-refractivity contribution in [3.05, 3.63) is 45.5 Å². The number of methoxy groups -OCH3 is 1. The molecule has 0 spiro atoms. The van der Waals surface area contributed by atoms with Crippen molar-refractivity contribution in [1.29, 1.82) is 0 Å². The Morgan fingerprint density at radius 3 is 2.86 bits per heavy atom. The summed E-state index contributed by atoms with van der Waals surface area (Å²) < 4.78 is 5.28. The molecule has 22 heavy (non-hydrogen) atoms. The maximum atomic E-state index is 10.9. The quantitative estimate of drug-likeness (QED) is 0.628. The molecule has 0 aromatic carbocycles. The van der Waals surface area contributed by atoms with Crippen LogP contribution in [-0.2, 0) is 13.0 Å². The third-order valence-electron chi connectivity index (χ3n) is 3.75. The van der Waals surface area contributed by atoms with Crippen LogP contribution in [0.25, 0.3) is 0 Å². The van der Waals surface area contributed by atoms with Gasteiger partial charge in [-0.3, -0.25) is 10.1 Å². The van der Waals surface area contributed by atoms with Gasteiger partial charge in [-0.05, 0) is 13.0 Å². The van der Waals surface area contributed by atoms with Crippen molar-refractivity contribution in [1.82, 2.24) is 15.0 Å². The number of nitro groups is 1. The Balaban J connectivity index is 1.91. The molecule has 0 saturated heterocycles. The SMILES string of the molecule is COc1ncnc2c1CN(c1cc(C)c([N+](=O)[O-])cn1)CC2. The van der Waals surface area contributed by atoms with Gasteiger partial charge in [-0.15, -0.1) is 0 Å². The molecule has 2 aromatic rings. The number of rotatable bonds is 3. The fraction of sp³-hybridized carbons (Fsp3) is 0.357. The van der Waals surface area contributed by atoms with E-state index in [-0.39, 0.29) is 5.69 Å². The molecule has 0 fully saturated rings. The van der Waals surface area contributed by atoms with E-state index in [2.05, 4.69) is 15.0 Å². The first-order valence-corrected chi connectivity index (χ1v) is 6.83. The number of fused-ring (bicyclic) bond motifs is 1. The fourth-order valence-corrected chi connectivity index (χ4v) is 2.58. The monoisotopic (exact) mass is 301 g/mol. The molecule has 0 bridgehead atoms. The second-order valence-corrected chi connectivity index (χ2v) is 5.07. The number of ether oxygens (including phenoxy) is 1. The molecule has 0 radical (unpaired) electrons. The van der Waals surface area contributed by atoms with Crippen LogP contribution >= 0.6 is 0 Å². The fourth-order valence-electron chi connectivity index (χ4n) is 2.58. The molecule has 114 valence electrons. The Labute approximate surface area is 126 Å². The predicted octanol–water partition coefficient (Wildman–Crippen LogP) is 1.66. The number of aromatic nitrogens is 3. The molecule has 0 aliphatic carbocycles. The predicted molar refractivity (Wildman–Crippen MR) is 79.0 cm³/mol. The molecular formula is C14H15N5O3. The van der Waals surface area contributed by atoms with E-state index in [1.54, 1.807) is 20.1 Å². The van der Waals surface area contributed by atoms with E-state index in [0.717, 1.165) is 24.2 Å². The van der Waals surface area contributed by atoms with Crippen molar-refractivity contribution in [2.24, 2.45) is 0 Å². The lowest BCUT2D eigenvalue weighted by Crippen LogP contribution is -2.32. The van der Waals surface area contributed by atoms with Gasteiger partial charge in [-0.2, -0.15) is 0 Å². The lowest BCUT2D eigenvalue weighted by Gasteiger charge is -2.29. The number of anilines is 1. The standard InChI is InChI=1S/C14H15N5O3/c1-9-5-13(15-6-12(9)19(20)21)18-4-3-11-10(7-18)14(22-2)17-8-16-11/h5-6,8H,3-4,7H2,1-2H3. The normalized spacial score (nSPS) is 13.6. The summed E-state index contributed by atoms with van der Waals surface area (Å²) in [6, 6.07) is 1.74. The van der Waals surface area contributed by atoms with Crippen LogP contribution < -0.4 is 9.64 Å². The number of hydrogen-bond donors (Lipinski definition) is 0. The highest BCUT2D eigenvalue weighted by molar-refractivity contribution is 5.51. The van der Waals surface area contributed by atoms with Crippen LogP contribution in [0.2, 0.25) is 0 Å². The largest absolute Gasteiger partial charge is 0.481 e. The Kier molecular flexibility index (Phi) is 3.58. The van der Waals surface area contributed by atoms with Gasteiger partial charge in [0.05, 0.1) is 29.8 Å². The molecular weight excluding hydrogens is 286 g/mol. The summed E-state index contributed by atoms with van der Waals surface area (Å²) in [4.78, 5) is 25.1. The minimum absolute atomic E-state index is 0.0297. The molecule has 3 heterocycles. The molecule has 1 aliphatic heterocycles. The third-order valence-corrected chi connectivity index (χ3v) is 3.75. The summed E-state index contributed by atoms with van der Waals surface area (Å²) in [7, 11) is 1.58. The molecule has 1 aliphatic rings. The molecule has 8 nitrogen and oxygen atoms in total. The average Bonchev–Trinajstić information content (AvgIpc) is 2.53. The Bertz CT molecular complexity index is 720. The molecule has 8 heteroatoms. The van der Waals surface area contributed by atoms with E-state index >= 15 is 0 Å². The van der Waals surface area contributed by atoms with Crippen LogP contribution in [0.4, 0.5) is 11.5 Å². The zero-order valence-corrected chi connectivity index (χ0v) is 12.3. The van der Waals surface area contributed by atoms with E-state index in [9.17, 15) is 10.1 Å². The second-order valence-electron chi connectivity index (χ2n) is 5.07. The first-order valence-electron chi connectivity index (χ1n) is 6.83. The van der Waals surface area contributed by atoms with E-state index in [0.29, 0.717) is 23.8 Å². The topological polar surface area (TPSA) is 94.3 Å². The van der Waals surface area contributed by atoms with Gasteiger partial charge in [0.1, 0.15) is 18.3 Å². The van der Waals surface area contributed by atoms with Crippen molar-refractivity contribution in [2.45, 2.75) is 19.9 Å². The van der Waals surface area contributed by atoms with Crippen LogP contribution in [0, 0.1) is 17.0 Å². The van der Waals surface area contributed by atoms with Crippen LogP contribution in [0.3, 0.4) is 0 Å². The molecule has 0 N–H and O–H groups in total. The third kappa shape index (κ3) is 2.43. The zero-order valence-electron chi connectivity index (χ0n) is 12.3.